The average Bonchev–Trinajstić information content (AvgIpc) is 3.03. The van der Waals surface area contributed by atoms with Gasteiger partial charge in [0.05, 0.1) is 0 Å². The molecular formula is C22H37F3IN5O. The maximum absolute atomic E-state index is 13.8. The van der Waals surface area contributed by atoms with Gasteiger partial charge in [-0.25, -0.2) is 4.98 Å². The van der Waals surface area contributed by atoms with Crippen molar-refractivity contribution in [3.05, 3.63) is 18.2 Å². The molecule has 1 spiro atoms. The van der Waals surface area contributed by atoms with Crippen molar-refractivity contribution in [2.45, 2.75) is 76.5 Å². The monoisotopic (exact) mass is 571 g/mol. The number of aryl methyl sites for hydroxylation is 1. The number of nitrogens with zero attached hydrogens (tertiary/aromatic N) is 4. The molecule has 10 heteroatoms. The summed E-state index contributed by atoms with van der Waals surface area (Å²) in [4.78, 5) is 10.5. The van der Waals surface area contributed by atoms with Crippen LogP contribution in [0.5, 0.6) is 0 Å². The van der Waals surface area contributed by atoms with Crippen LogP contribution in [0.25, 0.3) is 0 Å². The Morgan fingerprint density at radius 2 is 1.84 bits per heavy atom. The van der Waals surface area contributed by atoms with Gasteiger partial charge in [0, 0.05) is 52.0 Å². The number of alkyl halides is 3. The second-order valence-electron chi connectivity index (χ2n) is 9.14. The molecule has 1 aliphatic heterocycles. The SMILES string of the molecule is CCNC(=NCCC(O)(c1nccn1C)C(F)(F)F)N1CCCC2(CCCCCC2)C1.I. The first-order chi connectivity index (χ1) is 14.7. The van der Waals surface area contributed by atoms with E-state index in [9.17, 15) is 18.3 Å². The van der Waals surface area contributed by atoms with Crippen molar-refractivity contribution in [1.82, 2.24) is 19.8 Å². The highest BCUT2D eigenvalue weighted by Gasteiger charge is 2.57. The third-order valence-corrected chi connectivity index (χ3v) is 6.86. The van der Waals surface area contributed by atoms with E-state index in [1.165, 1.54) is 69.0 Å². The first kappa shape index (κ1) is 27.2. The van der Waals surface area contributed by atoms with E-state index in [1.807, 2.05) is 6.92 Å². The molecule has 1 atom stereocenters. The first-order valence-corrected chi connectivity index (χ1v) is 11.5. The fourth-order valence-corrected chi connectivity index (χ4v) is 5.17. The van der Waals surface area contributed by atoms with Gasteiger partial charge in [-0.2, -0.15) is 13.2 Å². The van der Waals surface area contributed by atoms with Crippen LogP contribution in [0, 0.1) is 5.41 Å². The van der Waals surface area contributed by atoms with Crippen LogP contribution in [-0.4, -0.2) is 57.9 Å². The van der Waals surface area contributed by atoms with Crippen LogP contribution in [0.2, 0.25) is 0 Å². The van der Waals surface area contributed by atoms with Crippen molar-refractivity contribution in [2.24, 2.45) is 17.5 Å². The summed E-state index contributed by atoms with van der Waals surface area (Å²) >= 11 is 0. The number of piperidine rings is 1. The number of rotatable bonds is 5. The summed E-state index contributed by atoms with van der Waals surface area (Å²) in [6.45, 7) is 4.22. The van der Waals surface area contributed by atoms with Crippen LogP contribution < -0.4 is 5.32 Å². The van der Waals surface area contributed by atoms with Crippen molar-refractivity contribution < 1.29 is 18.3 Å². The summed E-state index contributed by atoms with van der Waals surface area (Å²) in [5.74, 6) is 0.241. The van der Waals surface area contributed by atoms with Gasteiger partial charge < -0.3 is 19.9 Å². The molecule has 2 fully saturated rings. The van der Waals surface area contributed by atoms with Crippen LogP contribution in [0.4, 0.5) is 13.2 Å². The highest BCUT2D eigenvalue weighted by atomic mass is 127. The minimum absolute atomic E-state index is 0. The topological polar surface area (TPSA) is 65.7 Å². The quantitative estimate of drug-likeness (QED) is 0.309. The molecule has 1 aromatic heterocycles. The largest absolute Gasteiger partial charge is 0.424 e. The van der Waals surface area contributed by atoms with Crippen LogP contribution in [0.15, 0.2) is 17.4 Å². The Labute approximate surface area is 206 Å². The van der Waals surface area contributed by atoms with Crippen LogP contribution in [0.1, 0.15) is 70.5 Å². The lowest BCUT2D eigenvalue weighted by Crippen LogP contribution is -2.51. The first-order valence-electron chi connectivity index (χ1n) is 11.5. The molecule has 2 heterocycles. The van der Waals surface area contributed by atoms with Gasteiger partial charge in [0.2, 0.25) is 5.60 Å². The maximum atomic E-state index is 13.8. The van der Waals surface area contributed by atoms with Gasteiger partial charge in [0.25, 0.3) is 0 Å². The molecular weight excluding hydrogens is 534 g/mol. The number of aliphatic hydroxyl groups is 1. The van der Waals surface area contributed by atoms with Crippen LogP contribution in [0.3, 0.4) is 0 Å². The molecule has 0 bridgehead atoms. The summed E-state index contributed by atoms with van der Waals surface area (Å²) in [6, 6.07) is 0. The second-order valence-corrected chi connectivity index (χ2v) is 9.14. The predicted octanol–water partition coefficient (Wildman–Crippen LogP) is 4.58. The number of imidazole rings is 1. The summed E-state index contributed by atoms with van der Waals surface area (Å²) in [7, 11) is 1.45. The lowest BCUT2D eigenvalue weighted by Gasteiger charge is -2.44. The Balaban J connectivity index is 0.00000363. The number of aliphatic imine (C=N–C) groups is 1. The zero-order valence-corrected chi connectivity index (χ0v) is 21.5. The lowest BCUT2D eigenvalue weighted by atomic mass is 9.74. The number of hydrogen-bond donors (Lipinski definition) is 2. The Morgan fingerprint density at radius 1 is 1.19 bits per heavy atom. The van der Waals surface area contributed by atoms with E-state index in [4.69, 9.17) is 0 Å². The molecule has 3 rings (SSSR count). The Bertz CT molecular complexity index is 746. The standard InChI is InChI=1S/C22H36F3N5O.HI/c1-3-26-19(30-15-8-11-20(17-30)9-6-4-5-7-10-20)28-13-12-21(31,22(23,24)25)18-27-14-16-29(18)2;/h14,16,31H,3-13,15,17H2,1-2H3,(H,26,28);1H. The maximum Gasteiger partial charge on any atom is 0.424 e. The molecule has 6 nitrogen and oxygen atoms in total. The highest BCUT2D eigenvalue weighted by molar-refractivity contribution is 14.0. The molecule has 184 valence electrons. The highest BCUT2D eigenvalue weighted by Crippen LogP contribution is 2.43. The van der Waals surface area contributed by atoms with Crippen molar-refractivity contribution in [1.29, 1.82) is 0 Å². The number of nitrogens with one attached hydrogen (secondary N) is 1. The van der Waals surface area contributed by atoms with E-state index in [1.54, 1.807) is 0 Å². The molecule has 0 radical (unpaired) electrons. The molecule has 0 aromatic carbocycles. The Kier molecular flexibility index (Phi) is 9.69. The number of likely N-dealkylation sites (tertiary alicyclic amines) is 1. The van der Waals surface area contributed by atoms with Crippen molar-refractivity contribution in [3.8, 4) is 0 Å². The van der Waals surface area contributed by atoms with E-state index in [0.717, 1.165) is 19.5 Å². The fourth-order valence-electron chi connectivity index (χ4n) is 5.17. The summed E-state index contributed by atoms with van der Waals surface area (Å²) in [5.41, 5.74) is -2.74. The molecule has 2 N–H and O–H groups in total. The van der Waals surface area contributed by atoms with Crippen molar-refractivity contribution in [3.63, 3.8) is 0 Å². The van der Waals surface area contributed by atoms with Gasteiger partial charge in [-0.05, 0) is 38.0 Å². The average molecular weight is 571 g/mol. The molecule has 1 saturated heterocycles. The van der Waals surface area contributed by atoms with E-state index in [-0.39, 0.29) is 30.5 Å². The van der Waals surface area contributed by atoms with Gasteiger partial charge in [-0.15, -0.1) is 24.0 Å². The third-order valence-electron chi connectivity index (χ3n) is 6.86. The number of aromatic nitrogens is 2. The lowest BCUT2D eigenvalue weighted by molar-refractivity contribution is -0.272. The van der Waals surface area contributed by atoms with Crippen molar-refractivity contribution in [2.75, 3.05) is 26.2 Å². The van der Waals surface area contributed by atoms with E-state index >= 15 is 0 Å². The van der Waals surface area contributed by atoms with E-state index in [0.29, 0.717) is 17.9 Å². The molecule has 0 amide bonds. The normalized spacial score (nSPS) is 21.6. The zero-order chi connectivity index (χ0) is 22.5. The van der Waals surface area contributed by atoms with Crippen molar-refractivity contribution >= 4 is 29.9 Å². The number of guanidine groups is 1. The minimum Gasteiger partial charge on any atom is -0.374 e. The van der Waals surface area contributed by atoms with Gasteiger partial charge in [0.15, 0.2) is 5.96 Å². The van der Waals surface area contributed by atoms with Gasteiger partial charge in [-0.1, -0.05) is 25.7 Å². The summed E-state index contributed by atoms with van der Waals surface area (Å²) in [6.07, 6.45) is 7.07. The molecule has 32 heavy (non-hydrogen) atoms. The molecule has 1 aromatic rings. The van der Waals surface area contributed by atoms with Gasteiger partial charge in [-0.3, -0.25) is 4.99 Å². The molecule has 1 saturated carbocycles. The zero-order valence-electron chi connectivity index (χ0n) is 19.1. The Hall–Kier alpha value is -1.04. The predicted molar refractivity (Wildman–Crippen MR) is 130 cm³/mol. The molecule has 1 unspecified atom stereocenters. The van der Waals surface area contributed by atoms with E-state index < -0.39 is 24.0 Å². The number of hydrogen-bond acceptors (Lipinski definition) is 3. The van der Waals surface area contributed by atoms with E-state index in [2.05, 4.69) is 20.2 Å². The molecule has 2 aliphatic rings. The van der Waals surface area contributed by atoms with Crippen LogP contribution in [-0.2, 0) is 12.6 Å². The smallest absolute Gasteiger partial charge is 0.374 e. The summed E-state index contributed by atoms with van der Waals surface area (Å²) in [5, 5.41) is 13.8. The number of halogens is 4. The minimum atomic E-state index is -4.84. The van der Waals surface area contributed by atoms with Gasteiger partial charge in [0.1, 0.15) is 5.82 Å². The van der Waals surface area contributed by atoms with Crippen LogP contribution >= 0.6 is 24.0 Å². The van der Waals surface area contributed by atoms with Gasteiger partial charge >= 0.3 is 6.18 Å². The Morgan fingerprint density at radius 3 is 2.41 bits per heavy atom. The second kappa shape index (κ2) is 11.4. The summed E-state index contributed by atoms with van der Waals surface area (Å²) < 4.78 is 42.5. The molecule has 1 aliphatic carbocycles. The third kappa shape index (κ3) is 6.09. The fraction of sp³-hybridized carbons (Fsp3) is 0.818.